The fourth-order valence-corrected chi connectivity index (χ4v) is 4.83. The number of nitrogens with one attached hydrogen (secondary N) is 1. The third-order valence-corrected chi connectivity index (χ3v) is 6.87. The van der Waals surface area contributed by atoms with Gasteiger partial charge in [-0.2, -0.15) is 0 Å². The molecule has 0 amide bonds. The standard InChI is InChI=1S/C31H26N4O5/c1-38-18-8-10-20(17(12-18)16-36)29-33-30(22-11-9-19(39-2)13-28(22)40-3)35-31(34-29)24-14-23-21-6-4-5-7-25(21)32-26(23)15-27(24)37/h4-15,32,36-37H,16H2,1-3H3. The number of hydrogen-bond donors (Lipinski definition) is 3. The van der Waals surface area contributed by atoms with Gasteiger partial charge in [-0.15, -0.1) is 0 Å². The highest BCUT2D eigenvalue weighted by Crippen LogP contribution is 2.38. The van der Waals surface area contributed by atoms with E-state index in [2.05, 4.69) is 4.98 Å². The molecule has 0 aliphatic carbocycles. The molecule has 0 aliphatic heterocycles. The smallest absolute Gasteiger partial charge is 0.167 e. The number of rotatable bonds is 7. The van der Waals surface area contributed by atoms with Crippen molar-refractivity contribution in [2.75, 3.05) is 21.3 Å². The maximum absolute atomic E-state index is 11.1. The second-order valence-corrected chi connectivity index (χ2v) is 9.14. The van der Waals surface area contributed by atoms with E-state index in [1.807, 2.05) is 36.4 Å². The number of methoxy groups -OCH3 is 3. The minimum atomic E-state index is -0.249. The molecule has 0 fully saturated rings. The number of para-hydroxylation sites is 1. The lowest BCUT2D eigenvalue weighted by atomic mass is 10.1. The Hall–Kier alpha value is -5.15. The molecule has 40 heavy (non-hydrogen) atoms. The molecule has 200 valence electrons. The molecule has 2 heterocycles. The second kappa shape index (κ2) is 10.2. The number of fused-ring (bicyclic) bond motifs is 3. The summed E-state index contributed by atoms with van der Waals surface area (Å²) in [7, 11) is 4.71. The Morgan fingerprint density at radius 3 is 2.00 bits per heavy atom. The molecule has 2 aromatic heterocycles. The molecule has 9 nitrogen and oxygen atoms in total. The first-order valence-corrected chi connectivity index (χ1v) is 12.5. The number of aromatic amines is 1. The van der Waals surface area contributed by atoms with E-state index in [-0.39, 0.29) is 18.2 Å². The number of H-pyrrole nitrogens is 1. The third-order valence-electron chi connectivity index (χ3n) is 6.87. The molecule has 3 N–H and O–H groups in total. The molecule has 0 atom stereocenters. The van der Waals surface area contributed by atoms with Gasteiger partial charge in [0.05, 0.1) is 44.6 Å². The molecule has 0 saturated carbocycles. The Labute approximate surface area is 229 Å². The van der Waals surface area contributed by atoms with E-state index in [0.29, 0.717) is 51.2 Å². The fraction of sp³-hybridized carbons (Fsp3) is 0.129. The average Bonchev–Trinajstić information content (AvgIpc) is 3.36. The van der Waals surface area contributed by atoms with Crippen LogP contribution in [0.15, 0.2) is 72.8 Å². The topological polar surface area (TPSA) is 123 Å². The van der Waals surface area contributed by atoms with Gasteiger partial charge in [0.25, 0.3) is 0 Å². The van der Waals surface area contributed by atoms with Crippen molar-refractivity contribution in [2.24, 2.45) is 0 Å². The van der Waals surface area contributed by atoms with Gasteiger partial charge in [0.15, 0.2) is 17.5 Å². The van der Waals surface area contributed by atoms with Crippen molar-refractivity contribution in [1.29, 1.82) is 0 Å². The second-order valence-electron chi connectivity index (χ2n) is 9.14. The molecule has 0 bridgehead atoms. The lowest BCUT2D eigenvalue weighted by Gasteiger charge is -2.14. The van der Waals surface area contributed by atoms with Gasteiger partial charge in [0.2, 0.25) is 0 Å². The van der Waals surface area contributed by atoms with Crippen LogP contribution in [-0.2, 0) is 6.61 Å². The van der Waals surface area contributed by atoms with E-state index < -0.39 is 0 Å². The van der Waals surface area contributed by atoms with Crippen LogP contribution in [0.5, 0.6) is 23.0 Å². The summed E-state index contributed by atoms with van der Waals surface area (Å²) in [5.74, 6) is 2.66. The van der Waals surface area contributed by atoms with Crippen LogP contribution in [0.3, 0.4) is 0 Å². The first kappa shape index (κ1) is 25.1. The molecule has 0 unspecified atom stereocenters. The maximum Gasteiger partial charge on any atom is 0.167 e. The molecular formula is C31H26N4O5. The van der Waals surface area contributed by atoms with Crippen molar-refractivity contribution in [3.05, 3.63) is 78.4 Å². The van der Waals surface area contributed by atoms with Gasteiger partial charge in [-0.3, -0.25) is 0 Å². The summed E-state index contributed by atoms with van der Waals surface area (Å²) in [6, 6.07) is 22.1. The highest BCUT2D eigenvalue weighted by molar-refractivity contribution is 6.09. The number of aromatic hydroxyl groups is 1. The van der Waals surface area contributed by atoms with Crippen LogP contribution in [0.25, 0.3) is 56.0 Å². The zero-order valence-corrected chi connectivity index (χ0v) is 22.1. The first-order chi connectivity index (χ1) is 19.5. The van der Waals surface area contributed by atoms with Gasteiger partial charge in [-0.25, -0.2) is 15.0 Å². The monoisotopic (exact) mass is 534 g/mol. The van der Waals surface area contributed by atoms with Gasteiger partial charge in [0.1, 0.15) is 23.0 Å². The Morgan fingerprint density at radius 1 is 0.650 bits per heavy atom. The SMILES string of the molecule is COc1ccc(-c2nc(-c3cc4c(cc3O)[nH]c3ccccc34)nc(-c3ccc(OC)cc3OC)n2)c(CO)c1. The van der Waals surface area contributed by atoms with E-state index in [0.717, 1.165) is 21.8 Å². The summed E-state index contributed by atoms with van der Waals surface area (Å²) in [6.07, 6.45) is 0. The van der Waals surface area contributed by atoms with Crippen molar-refractivity contribution >= 4 is 21.8 Å². The lowest BCUT2D eigenvalue weighted by Crippen LogP contribution is -2.03. The Morgan fingerprint density at radius 2 is 1.30 bits per heavy atom. The van der Waals surface area contributed by atoms with E-state index in [9.17, 15) is 10.2 Å². The zero-order chi connectivity index (χ0) is 27.8. The van der Waals surface area contributed by atoms with Crippen molar-refractivity contribution in [1.82, 2.24) is 19.9 Å². The van der Waals surface area contributed by atoms with Gasteiger partial charge in [-0.1, -0.05) is 18.2 Å². The van der Waals surface area contributed by atoms with E-state index in [4.69, 9.17) is 29.2 Å². The number of aliphatic hydroxyl groups is 1. The molecule has 0 saturated heterocycles. The first-order valence-electron chi connectivity index (χ1n) is 12.5. The van der Waals surface area contributed by atoms with E-state index in [1.54, 1.807) is 57.7 Å². The van der Waals surface area contributed by atoms with Gasteiger partial charge >= 0.3 is 0 Å². The number of aliphatic hydroxyl groups excluding tert-OH is 1. The van der Waals surface area contributed by atoms with Gasteiger partial charge in [-0.05, 0) is 48.0 Å². The normalized spacial score (nSPS) is 11.2. The van der Waals surface area contributed by atoms with Crippen LogP contribution >= 0.6 is 0 Å². The Kier molecular flexibility index (Phi) is 6.41. The molecule has 9 heteroatoms. The number of hydrogen-bond acceptors (Lipinski definition) is 8. The lowest BCUT2D eigenvalue weighted by molar-refractivity contribution is 0.281. The summed E-state index contributed by atoms with van der Waals surface area (Å²) < 4.78 is 16.3. The minimum absolute atomic E-state index is 0.0148. The van der Waals surface area contributed by atoms with Crippen molar-refractivity contribution in [3.63, 3.8) is 0 Å². The Balaban J connectivity index is 1.62. The maximum atomic E-state index is 11.1. The van der Waals surface area contributed by atoms with E-state index >= 15 is 0 Å². The summed E-state index contributed by atoms with van der Waals surface area (Å²) in [5.41, 5.74) is 3.99. The largest absolute Gasteiger partial charge is 0.507 e. The Bertz CT molecular complexity index is 1810. The highest BCUT2D eigenvalue weighted by atomic mass is 16.5. The molecule has 4 aromatic carbocycles. The summed E-state index contributed by atoms with van der Waals surface area (Å²) >= 11 is 0. The van der Waals surface area contributed by atoms with Crippen LogP contribution in [0.1, 0.15) is 5.56 Å². The van der Waals surface area contributed by atoms with Crippen molar-refractivity contribution < 1.29 is 24.4 Å². The van der Waals surface area contributed by atoms with Crippen LogP contribution in [0.2, 0.25) is 0 Å². The predicted molar refractivity (Wildman–Crippen MR) is 153 cm³/mol. The zero-order valence-electron chi connectivity index (χ0n) is 22.1. The molecule has 0 radical (unpaired) electrons. The average molecular weight is 535 g/mol. The third kappa shape index (κ3) is 4.32. The summed E-state index contributed by atoms with van der Waals surface area (Å²) in [6.45, 7) is -0.249. The van der Waals surface area contributed by atoms with Gasteiger partial charge < -0.3 is 29.4 Å². The van der Waals surface area contributed by atoms with Crippen LogP contribution < -0.4 is 14.2 Å². The van der Waals surface area contributed by atoms with Crippen LogP contribution in [0, 0.1) is 0 Å². The quantitative estimate of drug-likeness (QED) is 0.237. The van der Waals surface area contributed by atoms with Crippen LogP contribution in [-0.4, -0.2) is 51.5 Å². The van der Waals surface area contributed by atoms with Crippen molar-refractivity contribution in [3.8, 4) is 57.2 Å². The predicted octanol–water partition coefficient (Wildman–Crippen LogP) is 5.73. The van der Waals surface area contributed by atoms with Crippen molar-refractivity contribution in [2.45, 2.75) is 6.61 Å². The number of phenols is 1. The molecule has 0 spiro atoms. The number of nitrogens with zero attached hydrogens (tertiary/aromatic N) is 3. The molecule has 0 aliphatic rings. The summed E-state index contributed by atoms with van der Waals surface area (Å²) in [4.78, 5) is 17.7. The number of phenolic OH excluding ortho intramolecular Hbond substituents is 1. The summed E-state index contributed by atoms with van der Waals surface area (Å²) in [5, 5.41) is 23.2. The van der Waals surface area contributed by atoms with Gasteiger partial charge in [0, 0.05) is 34.0 Å². The van der Waals surface area contributed by atoms with E-state index in [1.165, 1.54) is 0 Å². The fourth-order valence-electron chi connectivity index (χ4n) is 4.83. The number of ether oxygens (including phenoxy) is 3. The number of benzene rings is 4. The molecule has 6 rings (SSSR count). The number of aromatic nitrogens is 4. The molecular weight excluding hydrogens is 508 g/mol. The van der Waals surface area contributed by atoms with Crippen LogP contribution in [0.4, 0.5) is 0 Å². The minimum Gasteiger partial charge on any atom is -0.507 e. The highest BCUT2D eigenvalue weighted by Gasteiger charge is 2.20. The molecule has 6 aromatic rings.